The van der Waals surface area contributed by atoms with Gasteiger partial charge in [-0.1, -0.05) is 13.0 Å². The third-order valence-electron chi connectivity index (χ3n) is 2.89. The van der Waals surface area contributed by atoms with Crippen molar-refractivity contribution in [2.75, 3.05) is 6.61 Å². The molecule has 0 aliphatic rings. The van der Waals surface area contributed by atoms with Crippen molar-refractivity contribution in [1.29, 1.82) is 0 Å². The Bertz CT molecular complexity index is 339. The molecule has 0 fully saturated rings. The van der Waals surface area contributed by atoms with Gasteiger partial charge in [-0.15, -0.1) is 0 Å². The number of ether oxygens (including phenoxy) is 1. The summed E-state index contributed by atoms with van der Waals surface area (Å²) in [4.78, 5) is 0. The highest BCUT2D eigenvalue weighted by Gasteiger charge is 2.17. The Morgan fingerprint density at radius 2 is 2.00 bits per heavy atom. The van der Waals surface area contributed by atoms with Gasteiger partial charge < -0.3 is 15.6 Å². The molecule has 2 unspecified atom stereocenters. The summed E-state index contributed by atoms with van der Waals surface area (Å²) in [5.41, 5.74) is 8.27. The van der Waals surface area contributed by atoms with E-state index >= 15 is 0 Å². The Hall–Kier alpha value is -1.06. The molecule has 3 nitrogen and oxygen atoms in total. The fourth-order valence-corrected chi connectivity index (χ4v) is 1.48. The molecule has 0 heterocycles. The van der Waals surface area contributed by atoms with Gasteiger partial charge in [0.15, 0.2) is 0 Å². The Labute approximate surface area is 97.2 Å². The highest BCUT2D eigenvalue weighted by atomic mass is 16.5. The van der Waals surface area contributed by atoms with E-state index in [1.54, 1.807) is 0 Å². The molecule has 0 radical (unpaired) electrons. The molecule has 1 aromatic rings. The average molecular weight is 223 g/mol. The van der Waals surface area contributed by atoms with Crippen molar-refractivity contribution in [1.82, 2.24) is 0 Å². The monoisotopic (exact) mass is 223 g/mol. The summed E-state index contributed by atoms with van der Waals surface area (Å²) < 4.78 is 5.68. The molecule has 0 amide bonds. The van der Waals surface area contributed by atoms with E-state index in [9.17, 15) is 5.11 Å². The van der Waals surface area contributed by atoms with E-state index in [0.29, 0.717) is 0 Å². The molecule has 0 aliphatic heterocycles. The van der Waals surface area contributed by atoms with Crippen LogP contribution in [0, 0.1) is 13.8 Å². The number of hydrogen-bond donors (Lipinski definition) is 2. The summed E-state index contributed by atoms with van der Waals surface area (Å²) in [6.45, 7) is 6.02. The summed E-state index contributed by atoms with van der Waals surface area (Å²) in [6.07, 6.45) is 0.461. The van der Waals surface area contributed by atoms with Crippen LogP contribution >= 0.6 is 0 Å². The van der Waals surface area contributed by atoms with Crippen LogP contribution in [0.2, 0.25) is 0 Å². The van der Waals surface area contributed by atoms with Crippen molar-refractivity contribution in [2.45, 2.75) is 39.3 Å². The van der Waals surface area contributed by atoms with Gasteiger partial charge in [0.1, 0.15) is 11.9 Å². The van der Waals surface area contributed by atoms with Crippen molar-refractivity contribution in [3.8, 4) is 5.75 Å². The average Bonchev–Trinajstić information content (AvgIpc) is 2.29. The van der Waals surface area contributed by atoms with E-state index in [1.165, 1.54) is 11.1 Å². The molecule has 0 aliphatic carbocycles. The number of rotatable bonds is 5. The van der Waals surface area contributed by atoms with Crippen LogP contribution in [-0.4, -0.2) is 23.9 Å². The van der Waals surface area contributed by atoms with Crippen LogP contribution in [0.25, 0.3) is 0 Å². The zero-order valence-electron chi connectivity index (χ0n) is 10.2. The molecular formula is C13H21NO2. The summed E-state index contributed by atoms with van der Waals surface area (Å²) in [5.74, 6) is 0.769. The minimum Gasteiger partial charge on any atom is -0.486 e. The van der Waals surface area contributed by atoms with E-state index < -0.39 is 0 Å². The molecule has 0 bridgehead atoms. The van der Waals surface area contributed by atoms with E-state index in [0.717, 1.165) is 12.2 Å². The molecule has 1 aromatic carbocycles. The molecule has 0 aromatic heterocycles. The first kappa shape index (κ1) is 13.0. The maximum atomic E-state index is 9.21. The summed E-state index contributed by atoms with van der Waals surface area (Å²) in [6, 6.07) is 5.76. The van der Waals surface area contributed by atoms with Crippen LogP contribution in [-0.2, 0) is 0 Å². The van der Waals surface area contributed by atoms with Crippen LogP contribution < -0.4 is 10.5 Å². The standard InChI is InChI=1S/C13H21NO2/c1-4-12(14)13(8-15)16-11-6-5-9(2)10(3)7-11/h5-7,12-13,15H,4,8,14H2,1-3H3. The zero-order valence-corrected chi connectivity index (χ0v) is 10.2. The molecule has 2 atom stereocenters. The fraction of sp³-hybridized carbons (Fsp3) is 0.538. The number of benzene rings is 1. The molecule has 1 rings (SSSR count). The van der Waals surface area contributed by atoms with Crippen LogP contribution in [0.5, 0.6) is 5.75 Å². The van der Waals surface area contributed by atoms with E-state index in [2.05, 4.69) is 6.92 Å². The van der Waals surface area contributed by atoms with E-state index in [-0.39, 0.29) is 18.8 Å². The Kier molecular flexibility index (Phi) is 4.77. The van der Waals surface area contributed by atoms with E-state index in [1.807, 2.05) is 32.0 Å². The summed E-state index contributed by atoms with van der Waals surface area (Å²) >= 11 is 0. The van der Waals surface area contributed by atoms with Gasteiger partial charge in [-0.25, -0.2) is 0 Å². The Morgan fingerprint density at radius 1 is 1.31 bits per heavy atom. The third-order valence-corrected chi connectivity index (χ3v) is 2.89. The Balaban J connectivity index is 2.74. The largest absolute Gasteiger partial charge is 0.486 e. The number of nitrogens with two attached hydrogens (primary N) is 1. The predicted octanol–water partition coefficient (Wildman–Crippen LogP) is 1.78. The van der Waals surface area contributed by atoms with Gasteiger partial charge in [0, 0.05) is 6.04 Å². The predicted molar refractivity (Wildman–Crippen MR) is 65.7 cm³/mol. The number of aliphatic hydroxyl groups excluding tert-OH is 1. The molecule has 3 N–H and O–H groups in total. The smallest absolute Gasteiger partial charge is 0.137 e. The quantitative estimate of drug-likeness (QED) is 0.800. The first-order valence-corrected chi connectivity index (χ1v) is 5.68. The lowest BCUT2D eigenvalue weighted by Gasteiger charge is -2.22. The number of aliphatic hydroxyl groups is 1. The van der Waals surface area contributed by atoms with Gasteiger partial charge in [0.05, 0.1) is 6.61 Å². The maximum Gasteiger partial charge on any atom is 0.137 e. The minimum atomic E-state index is -0.327. The van der Waals surface area contributed by atoms with Gasteiger partial charge in [0.25, 0.3) is 0 Å². The van der Waals surface area contributed by atoms with Gasteiger partial charge in [-0.2, -0.15) is 0 Å². The molecule has 3 heteroatoms. The normalized spacial score (nSPS) is 14.6. The number of hydrogen-bond acceptors (Lipinski definition) is 3. The SMILES string of the molecule is CCC(N)C(CO)Oc1ccc(C)c(C)c1. The van der Waals surface area contributed by atoms with Crippen LogP contribution in [0.4, 0.5) is 0 Å². The first-order valence-electron chi connectivity index (χ1n) is 5.68. The van der Waals surface area contributed by atoms with Crippen molar-refractivity contribution >= 4 is 0 Å². The van der Waals surface area contributed by atoms with Crippen molar-refractivity contribution in [3.05, 3.63) is 29.3 Å². The van der Waals surface area contributed by atoms with Crippen molar-refractivity contribution < 1.29 is 9.84 Å². The lowest BCUT2D eigenvalue weighted by Crippen LogP contribution is -2.41. The lowest BCUT2D eigenvalue weighted by atomic mass is 10.1. The summed E-state index contributed by atoms with van der Waals surface area (Å²) in [5, 5.41) is 9.21. The first-order chi connectivity index (χ1) is 7.58. The molecular weight excluding hydrogens is 202 g/mol. The topological polar surface area (TPSA) is 55.5 Å². The van der Waals surface area contributed by atoms with Gasteiger partial charge in [-0.3, -0.25) is 0 Å². The zero-order chi connectivity index (χ0) is 12.1. The Morgan fingerprint density at radius 3 is 2.50 bits per heavy atom. The van der Waals surface area contributed by atoms with Crippen LogP contribution in [0.3, 0.4) is 0 Å². The second kappa shape index (κ2) is 5.87. The highest BCUT2D eigenvalue weighted by molar-refractivity contribution is 5.34. The van der Waals surface area contributed by atoms with E-state index in [4.69, 9.17) is 10.5 Å². The fourth-order valence-electron chi connectivity index (χ4n) is 1.48. The highest BCUT2D eigenvalue weighted by Crippen LogP contribution is 2.18. The van der Waals surface area contributed by atoms with Crippen LogP contribution in [0.15, 0.2) is 18.2 Å². The van der Waals surface area contributed by atoms with Gasteiger partial charge in [-0.05, 0) is 43.5 Å². The molecule has 0 saturated heterocycles. The molecule has 90 valence electrons. The van der Waals surface area contributed by atoms with Gasteiger partial charge >= 0.3 is 0 Å². The molecule has 0 saturated carbocycles. The lowest BCUT2D eigenvalue weighted by molar-refractivity contribution is 0.0932. The maximum absolute atomic E-state index is 9.21. The number of aryl methyl sites for hydroxylation is 2. The van der Waals surface area contributed by atoms with Crippen LogP contribution in [0.1, 0.15) is 24.5 Å². The third kappa shape index (κ3) is 3.22. The summed E-state index contributed by atoms with van der Waals surface area (Å²) in [7, 11) is 0. The van der Waals surface area contributed by atoms with Gasteiger partial charge in [0.2, 0.25) is 0 Å². The second-order valence-electron chi connectivity index (χ2n) is 4.16. The van der Waals surface area contributed by atoms with Crippen molar-refractivity contribution in [2.24, 2.45) is 5.73 Å². The molecule has 0 spiro atoms. The minimum absolute atomic E-state index is 0.0536. The van der Waals surface area contributed by atoms with Crippen molar-refractivity contribution in [3.63, 3.8) is 0 Å². The second-order valence-corrected chi connectivity index (χ2v) is 4.16. The molecule has 16 heavy (non-hydrogen) atoms.